The van der Waals surface area contributed by atoms with Gasteiger partial charge in [-0.1, -0.05) is 12.1 Å². The van der Waals surface area contributed by atoms with Crippen LogP contribution in [0.2, 0.25) is 0 Å². The van der Waals surface area contributed by atoms with E-state index in [-0.39, 0.29) is 0 Å². The topological polar surface area (TPSA) is 58.4 Å². The summed E-state index contributed by atoms with van der Waals surface area (Å²) in [6, 6.07) is 9.49. The number of rotatable bonds is 5. The number of hydrogen-bond donors (Lipinski definition) is 0. The molecule has 0 bridgehead atoms. The third kappa shape index (κ3) is 3.06. The van der Waals surface area contributed by atoms with E-state index in [0.717, 1.165) is 11.3 Å². The molecule has 0 aliphatic heterocycles. The van der Waals surface area contributed by atoms with Crippen LogP contribution < -0.4 is 0 Å². The van der Waals surface area contributed by atoms with Gasteiger partial charge >= 0.3 is 0 Å². The van der Waals surface area contributed by atoms with E-state index in [1.165, 1.54) is 22.7 Å². The Bertz CT molecular complexity index is 648. The van der Waals surface area contributed by atoms with Gasteiger partial charge in [-0.05, 0) is 23.8 Å². The maximum atomic E-state index is 11.9. The van der Waals surface area contributed by atoms with Crippen LogP contribution in [-0.2, 0) is 16.8 Å². The molecule has 0 saturated heterocycles. The van der Waals surface area contributed by atoms with Crippen LogP contribution in [0.4, 0.5) is 0 Å². The second-order valence-electron chi connectivity index (χ2n) is 4.66. The van der Waals surface area contributed by atoms with Gasteiger partial charge in [0.05, 0.1) is 5.69 Å². The molecule has 0 atom stereocenters. The first-order chi connectivity index (χ1) is 9.41. The fourth-order valence-electron chi connectivity index (χ4n) is 1.79. The highest BCUT2D eigenvalue weighted by Gasteiger charge is 2.20. The summed E-state index contributed by atoms with van der Waals surface area (Å²) in [4.78, 5) is 0. The van der Waals surface area contributed by atoms with Gasteiger partial charge in [0, 0.05) is 40.1 Å². The van der Waals surface area contributed by atoms with E-state index in [2.05, 4.69) is 5.10 Å². The van der Waals surface area contributed by atoms with E-state index in [4.69, 9.17) is 0 Å². The van der Waals surface area contributed by atoms with Crippen molar-refractivity contribution in [2.24, 2.45) is 0 Å². The highest BCUT2D eigenvalue weighted by Crippen LogP contribution is 2.12. The Hall–Kier alpha value is -1.70. The molecule has 0 amide bonds. The molecule has 1 aromatic carbocycles. The Labute approximate surface area is 119 Å². The van der Waals surface area contributed by atoms with Crippen molar-refractivity contribution in [3.8, 4) is 5.69 Å². The smallest absolute Gasteiger partial charge is 0.241 e. The van der Waals surface area contributed by atoms with Crippen molar-refractivity contribution in [2.45, 2.75) is 6.54 Å². The minimum absolute atomic E-state index is 0.333. The van der Waals surface area contributed by atoms with Crippen molar-refractivity contribution in [1.82, 2.24) is 18.4 Å². The average Bonchev–Trinajstić information content (AvgIpc) is 2.93. The quantitative estimate of drug-likeness (QED) is 0.830. The molecule has 2 aromatic rings. The molecular formula is C13H18N4O2S. The molecule has 108 valence electrons. The van der Waals surface area contributed by atoms with E-state index in [1.807, 2.05) is 36.5 Å². The van der Waals surface area contributed by atoms with Gasteiger partial charge in [0.2, 0.25) is 0 Å². The second-order valence-corrected chi connectivity index (χ2v) is 6.91. The first-order valence-electron chi connectivity index (χ1n) is 6.14. The molecule has 0 saturated carbocycles. The van der Waals surface area contributed by atoms with Gasteiger partial charge in [0.15, 0.2) is 0 Å². The number of aromatic nitrogens is 2. The largest absolute Gasteiger partial charge is 0.281 e. The Balaban J connectivity index is 2.12. The van der Waals surface area contributed by atoms with Crippen LogP contribution in [0, 0.1) is 0 Å². The normalized spacial score (nSPS) is 12.2. The summed E-state index contributed by atoms with van der Waals surface area (Å²) >= 11 is 0. The van der Waals surface area contributed by atoms with Crippen LogP contribution in [0.25, 0.3) is 5.69 Å². The van der Waals surface area contributed by atoms with E-state index in [1.54, 1.807) is 17.9 Å². The van der Waals surface area contributed by atoms with Crippen molar-refractivity contribution < 1.29 is 8.42 Å². The second kappa shape index (κ2) is 5.74. The zero-order valence-corrected chi connectivity index (χ0v) is 12.6. The number of benzene rings is 1. The molecule has 7 heteroatoms. The lowest BCUT2D eigenvalue weighted by molar-refractivity contribution is 0.414. The van der Waals surface area contributed by atoms with Crippen LogP contribution in [0.5, 0.6) is 0 Å². The number of nitrogens with zero attached hydrogens (tertiary/aromatic N) is 4. The lowest BCUT2D eigenvalue weighted by Gasteiger charge is -2.21. The summed E-state index contributed by atoms with van der Waals surface area (Å²) < 4.78 is 28.1. The SMILES string of the molecule is CN(C)S(=O)(=O)N(C)Cc1ccc(-n2cccn2)cc1. The number of hydrogen-bond acceptors (Lipinski definition) is 3. The van der Waals surface area contributed by atoms with Gasteiger partial charge in [-0.3, -0.25) is 0 Å². The first-order valence-corrected chi connectivity index (χ1v) is 7.53. The average molecular weight is 294 g/mol. The van der Waals surface area contributed by atoms with Crippen molar-refractivity contribution in [1.29, 1.82) is 0 Å². The standard InChI is InChI=1S/C13H18N4O2S/c1-15(2)20(18,19)16(3)11-12-5-7-13(8-6-12)17-10-4-9-14-17/h4-10H,11H2,1-3H3. The van der Waals surface area contributed by atoms with E-state index < -0.39 is 10.2 Å². The van der Waals surface area contributed by atoms with Gasteiger partial charge in [0.25, 0.3) is 10.2 Å². The maximum Gasteiger partial charge on any atom is 0.281 e. The maximum absolute atomic E-state index is 11.9. The summed E-state index contributed by atoms with van der Waals surface area (Å²) in [5.41, 5.74) is 1.87. The predicted molar refractivity (Wildman–Crippen MR) is 77.6 cm³/mol. The molecule has 20 heavy (non-hydrogen) atoms. The molecular weight excluding hydrogens is 276 g/mol. The zero-order valence-electron chi connectivity index (χ0n) is 11.8. The van der Waals surface area contributed by atoms with Crippen molar-refractivity contribution in [2.75, 3.05) is 21.1 Å². The van der Waals surface area contributed by atoms with Crippen molar-refractivity contribution >= 4 is 10.2 Å². The monoisotopic (exact) mass is 294 g/mol. The Morgan fingerprint density at radius 2 is 1.80 bits per heavy atom. The highest BCUT2D eigenvalue weighted by molar-refractivity contribution is 7.86. The van der Waals surface area contributed by atoms with Gasteiger partial charge in [-0.15, -0.1) is 0 Å². The molecule has 0 aliphatic rings. The molecule has 0 aliphatic carbocycles. The van der Waals surface area contributed by atoms with Crippen LogP contribution in [-0.4, -0.2) is 48.0 Å². The molecule has 0 spiro atoms. The Morgan fingerprint density at radius 1 is 1.15 bits per heavy atom. The first kappa shape index (κ1) is 14.7. The summed E-state index contributed by atoms with van der Waals surface area (Å²) in [6.45, 7) is 0.333. The Morgan fingerprint density at radius 3 is 2.30 bits per heavy atom. The van der Waals surface area contributed by atoms with E-state index in [9.17, 15) is 8.42 Å². The summed E-state index contributed by atoms with van der Waals surface area (Å²) in [7, 11) is 1.23. The summed E-state index contributed by atoms with van der Waals surface area (Å²) in [5, 5.41) is 4.14. The molecule has 0 N–H and O–H groups in total. The molecule has 0 unspecified atom stereocenters. The Kier molecular flexibility index (Phi) is 4.22. The lowest BCUT2D eigenvalue weighted by Crippen LogP contribution is -2.36. The van der Waals surface area contributed by atoms with Crippen LogP contribution in [0.3, 0.4) is 0 Å². The fourth-order valence-corrected chi connectivity index (χ4v) is 2.66. The minimum Gasteiger partial charge on any atom is -0.241 e. The summed E-state index contributed by atoms with van der Waals surface area (Å²) in [6.07, 6.45) is 3.57. The van der Waals surface area contributed by atoms with Gasteiger partial charge < -0.3 is 0 Å². The highest BCUT2D eigenvalue weighted by atomic mass is 32.2. The summed E-state index contributed by atoms with van der Waals surface area (Å²) in [5.74, 6) is 0. The molecule has 2 rings (SSSR count). The minimum atomic E-state index is -3.38. The van der Waals surface area contributed by atoms with Gasteiger partial charge in [-0.2, -0.15) is 22.1 Å². The van der Waals surface area contributed by atoms with Crippen LogP contribution in [0.1, 0.15) is 5.56 Å². The fraction of sp³-hybridized carbons (Fsp3) is 0.308. The van der Waals surface area contributed by atoms with E-state index >= 15 is 0 Å². The molecule has 0 radical (unpaired) electrons. The predicted octanol–water partition coefficient (Wildman–Crippen LogP) is 1.11. The van der Waals surface area contributed by atoms with Crippen LogP contribution in [0.15, 0.2) is 42.7 Å². The van der Waals surface area contributed by atoms with E-state index in [0.29, 0.717) is 6.54 Å². The van der Waals surface area contributed by atoms with Gasteiger partial charge in [0.1, 0.15) is 0 Å². The van der Waals surface area contributed by atoms with Gasteiger partial charge in [-0.25, -0.2) is 4.68 Å². The third-order valence-corrected chi connectivity index (χ3v) is 4.81. The molecule has 0 fully saturated rings. The lowest BCUT2D eigenvalue weighted by atomic mass is 10.2. The molecule has 1 aromatic heterocycles. The molecule has 1 heterocycles. The third-order valence-electron chi connectivity index (χ3n) is 2.97. The van der Waals surface area contributed by atoms with Crippen LogP contribution >= 0.6 is 0 Å². The van der Waals surface area contributed by atoms with Crippen molar-refractivity contribution in [3.05, 3.63) is 48.3 Å². The van der Waals surface area contributed by atoms with Crippen molar-refractivity contribution in [3.63, 3.8) is 0 Å². The zero-order chi connectivity index (χ0) is 14.8. The molecule has 6 nitrogen and oxygen atoms in total.